The van der Waals surface area contributed by atoms with E-state index in [1.54, 1.807) is 0 Å². The van der Waals surface area contributed by atoms with Crippen molar-refractivity contribution in [2.75, 3.05) is 20.1 Å². The van der Waals surface area contributed by atoms with E-state index in [2.05, 4.69) is 16.9 Å². The molecule has 1 aliphatic heterocycles. The Morgan fingerprint density at radius 3 is 2.67 bits per heavy atom. The summed E-state index contributed by atoms with van der Waals surface area (Å²) < 4.78 is 0. The van der Waals surface area contributed by atoms with Gasteiger partial charge in [0.25, 0.3) is 0 Å². The van der Waals surface area contributed by atoms with Gasteiger partial charge in [-0.05, 0) is 32.9 Å². The lowest BCUT2D eigenvalue weighted by molar-refractivity contribution is 0.411. The van der Waals surface area contributed by atoms with E-state index in [1.165, 1.54) is 25.8 Å². The number of nitrogens with two attached hydrogens (primary N) is 1. The van der Waals surface area contributed by atoms with Crippen molar-refractivity contribution in [3.05, 3.63) is 0 Å². The number of nitrogens with zero attached hydrogens (tertiary/aromatic N) is 2. The zero-order valence-corrected chi connectivity index (χ0v) is 7.66. The van der Waals surface area contributed by atoms with Crippen LogP contribution >= 0.6 is 0 Å². The number of likely N-dealkylation sites (N-methyl/N-ethyl adjacent to an activating group) is 1. The van der Waals surface area contributed by atoms with Gasteiger partial charge in [0.15, 0.2) is 0 Å². The quantitative estimate of drug-likeness (QED) is 0.479. The molecule has 0 bridgehead atoms. The maximum atomic E-state index is 5.84. The van der Waals surface area contributed by atoms with Gasteiger partial charge in [-0.2, -0.15) is 0 Å². The summed E-state index contributed by atoms with van der Waals surface area (Å²) in [4.78, 5) is 6.85. The van der Waals surface area contributed by atoms with Crippen LogP contribution in [0.1, 0.15) is 19.3 Å². The van der Waals surface area contributed by atoms with Crippen LogP contribution in [0.15, 0.2) is 4.99 Å². The van der Waals surface area contributed by atoms with Gasteiger partial charge in [-0.1, -0.05) is 0 Å². The van der Waals surface area contributed by atoms with Gasteiger partial charge in [0.1, 0.15) is 0 Å². The minimum atomic E-state index is 0.482. The molecule has 2 fully saturated rings. The van der Waals surface area contributed by atoms with Crippen LogP contribution in [-0.2, 0) is 0 Å². The number of hydrogen-bond acceptors (Lipinski definition) is 2. The van der Waals surface area contributed by atoms with Gasteiger partial charge in [0.05, 0.1) is 11.9 Å². The van der Waals surface area contributed by atoms with Gasteiger partial charge >= 0.3 is 0 Å². The highest BCUT2D eigenvalue weighted by Gasteiger charge is 2.27. The molecule has 1 heterocycles. The summed E-state index contributed by atoms with van der Waals surface area (Å²) in [5.41, 5.74) is 5.84. The van der Waals surface area contributed by atoms with Gasteiger partial charge < -0.3 is 10.6 Å². The Balaban J connectivity index is 1.88. The second-order valence-corrected chi connectivity index (χ2v) is 4.03. The fourth-order valence-electron chi connectivity index (χ4n) is 1.71. The summed E-state index contributed by atoms with van der Waals surface area (Å²) in [5.74, 6) is 1.55. The van der Waals surface area contributed by atoms with Gasteiger partial charge in [-0.15, -0.1) is 0 Å². The third-order valence-corrected chi connectivity index (χ3v) is 2.69. The zero-order valence-electron chi connectivity index (χ0n) is 7.66. The molecular weight excluding hydrogens is 150 g/mol. The molecule has 0 aromatic heterocycles. The largest absolute Gasteiger partial charge is 0.387 e. The molecule has 12 heavy (non-hydrogen) atoms. The molecule has 1 saturated heterocycles. The molecule has 0 aromatic rings. The van der Waals surface area contributed by atoms with E-state index in [0.29, 0.717) is 12.0 Å². The standard InChI is InChI=1S/C9H17N3/c1-12-5-4-8(6-12)11-9(10)7-2-3-7/h7-8H,2-6H2,1H3,(H2,10,11). The smallest absolute Gasteiger partial charge is 0.0972 e. The molecule has 0 amide bonds. The first-order chi connectivity index (χ1) is 5.75. The van der Waals surface area contributed by atoms with E-state index in [-0.39, 0.29) is 0 Å². The summed E-state index contributed by atoms with van der Waals surface area (Å²) >= 11 is 0. The molecule has 0 radical (unpaired) electrons. The Morgan fingerprint density at radius 2 is 2.17 bits per heavy atom. The van der Waals surface area contributed by atoms with Crippen molar-refractivity contribution in [2.45, 2.75) is 25.3 Å². The number of aliphatic imine (C=N–C) groups is 1. The number of rotatable bonds is 2. The average Bonchev–Trinajstić information content (AvgIpc) is 2.78. The van der Waals surface area contributed by atoms with Crippen LogP contribution < -0.4 is 5.73 Å². The third-order valence-electron chi connectivity index (χ3n) is 2.69. The van der Waals surface area contributed by atoms with E-state index in [4.69, 9.17) is 5.73 Å². The first kappa shape index (κ1) is 8.05. The Labute approximate surface area is 73.6 Å². The monoisotopic (exact) mass is 167 g/mol. The SMILES string of the molecule is CN1CCC(N=C(N)C2CC2)C1. The Hall–Kier alpha value is -0.570. The summed E-state index contributed by atoms with van der Waals surface area (Å²) in [6, 6.07) is 0.482. The molecule has 1 unspecified atom stereocenters. The van der Waals surface area contributed by atoms with Crippen LogP contribution in [0.5, 0.6) is 0 Å². The summed E-state index contributed by atoms with van der Waals surface area (Å²) in [6.07, 6.45) is 3.71. The highest BCUT2D eigenvalue weighted by Crippen LogP contribution is 2.29. The number of hydrogen-bond donors (Lipinski definition) is 1. The highest BCUT2D eigenvalue weighted by molar-refractivity contribution is 5.85. The highest BCUT2D eigenvalue weighted by atomic mass is 15.1. The maximum Gasteiger partial charge on any atom is 0.0972 e. The maximum absolute atomic E-state index is 5.84. The summed E-state index contributed by atoms with van der Waals surface area (Å²) in [6.45, 7) is 2.26. The lowest BCUT2D eigenvalue weighted by Crippen LogP contribution is -2.21. The van der Waals surface area contributed by atoms with Crippen molar-refractivity contribution in [2.24, 2.45) is 16.6 Å². The fourth-order valence-corrected chi connectivity index (χ4v) is 1.71. The lowest BCUT2D eigenvalue weighted by Gasteiger charge is -2.06. The molecule has 2 rings (SSSR count). The van der Waals surface area contributed by atoms with E-state index >= 15 is 0 Å². The number of likely N-dealkylation sites (tertiary alicyclic amines) is 1. The van der Waals surface area contributed by atoms with Crippen LogP contribution in [0.2, 0.25) is 0 Å². The molecule has 68 valence electrons. The molecule has 1 atom stereocenters. The first-order valence-corrected chi connectivity index (χ1v) is 4.77. The second kappa shape index (κ2) is 3.05. The van der Waals surface area contributed by atoms with Gasteiger partial charge in [-0.25, -0.2) is 0 Å². The fraction of sp³-hybridized carbons (Fsp3) is 0.889. The molecule has 3 nitrogen and oxygen atoms in total. The molecule has 1 aliphatic carbocycles. The zero-order chi connectivity index (χ0) is 8.55. The Kier molecular flexibility index (Phi) is 2.05. The van der Waals surface area contributed by atoms with Crippen LogP contribution in [0, 0.1) is 5.92 Å². The van der Waals surface area contributed by atoms with Crippen molar-refractivity contribution in [1.82, 2.24) is 4.90 Å². The summed E-state index contributed by atoms with van der Waals surface area (Å²) in [5, 5.41) is 0. The molecule has 0 spiro atoms. The Bertz CT molecular complexity index is 196. The molecular formula is C9H17N3. The van der Waals surface area contributed by atoms with Gasteiger partial charge in [0, 0.05) is 12.5 Å². The van der Waals surface area contributed by atoms with E-state index in [9.17, 15) is 0 Å². The van der Waals surface area contributed by atoms with Crippen LogP contribution in [0.3, 0.4) is 0 Å². The topological polar surface area (TPSA) is 41.6 Å². The van der Waals surface area contributed by atoms with Crippen molar-refractivity contribution in [3.8, 4) is 0 Å². The molecule has 2 aliphatic rings. The second-order valence-electron chi connectivity index (χ2n) is 4.03. The average molecular weight is 167 g/mol. The van der Waals surface area contributed by atoms with Crippen molar-refractivity contribution < 1.29 is 0 Å². The number of amidine groups is 1. The Morgan fingerprint density at radius 1 is 1.42 bits per heavy atom. The first-order valence-electron chi connectivity index (χ1n) is 4.77. The molecule has 1 saturated carbocycles. The van der Waals surface area contributed by atoms with Crippen LogP contribution in [0.25, 0.3) is 0 Å². The van der Waals surface area contributed by atoms with Crippen molar-refractivity contribution >= 4 is 5.84 Å². The van der Waals surface area contributed by atoms with E-state index in [0.717, 1.165) is 12.4 Å². The minimum absolute atomic E-state index is 0.482. The predicted octanol–water partition coefficient (Wildman–Crippen LogP) is 0.458. The summed E-state index contributed by atoms with van der Waals surface area (Å²) in [7, 11) is 2.14. The van der Waals surface area contributed by atoms with Crippen LogP contribution in [-0.4, -0.2) is 36.9 Å². The lowest BCUT2D eigenvalue weighted by atomic mass is 10.2. The third kappa shape index (κ3) is 1.78. The molecule has 0 aromatic carbocycles. The minimum Gasteiger partial charge on any atom is -0.387 e. The van der Waals surface area contributed by atoms with Gasteiger partial charge in [0.2, 0.25) is 0 Å². The normalized spacial score (nSPS) is 32.8. The van der Waals surface area contributed by atoms with Crippen molar-refractivity contribution in [1.29, 1.82) is 0 Å². The van der Waals surface area contributed by atoms with Crippen LogP contribution in [0.4, 0.5) is 0 Å². The van der Waals surface area contributed by atoms with E-state index < -0.39 is 0 Å². The molecule has 3 heteroatoms. The predicted molar refractivity (Wildman–Crippen MR) is 50.2 cm³/mol. The van der Waals surface area contributed by atoms with Crippen molar-refractivity contribution in [3.63, 3.8) is 0 Å². The van der Waals surface area contributed by atoms with Gasteiger partial charge in [-0.3, -0.25) is 4.99 Å². The molecule has 2 N–H and O–H groups in total. The van der Waals surface area contributed by atoms with E-state index in [1.807, 2.05) is 0 Å².